The van der Waals surface area contributed by atoms with Gasteiger partial charge in [-0.05, 0) is 0 Å². The van der Waals surface area contributed by atoms with Gasteiger partial charge in [-0.15, -0.1) is 0 Å². The Morgan fingerprint density at radius 2 is 2.04 bits per heavy atom. The summed E-state index contributed by atoms with van der Waals surface area (Å²) in [5.74, 6) is 0.953. The van der Waals surface area contributed by atoms with Crippen LogP contribution in [0.2, 0.25) is 0 Å². The lowest BCUT2D eigenvalue weighted by Crippen LogP contribution is -2.54. The monoisotopic (exact) mass is 342 g/mol. The molecular weight excluding hydrogens is 324 g/mol. The molecule has 2 saturated heterocycles. The van der Waals surface area contributed by atoms with Crippen LogP contribution in [0.4, 0.5) is 0 Å². The van der Waals surface area contributed by atoms with Crippen molar-refractivity contribution in [2.45, 2.75) is 5.92 Å². The van der Waals surface area contributed by atoms with E-state index in [4.69, 9.17) is 9.26 Å². The minimum Gasteiger partial charge on any atom is -0.370 e. The number of aromatic nitrogens is 2. The highest BCUT2D eigenvalue weighted by molar-refractivity contribution is 5.86. The Morgan fingerprint density at radius 3 is 2.80 bits per heavy atom. The van der Waals surface area contributed by atoms with Gasteiger partial charge in [-0.2, -0.15) is 4.98 Å². The molecular formula is C17H18N4O4. The summed E-state index contributed by atoms with van der Waals surface area (Å²) in [5.41, 5.74) is 0.899. The Morgan fingerprint density at radius 1 is 1.24 bits per heavy atom. The maximum Gasteiger partial charge on any atom is 0.249 e. The average molecular weight is 342 g/mol. The molecule has 0 N–H and O–H groups in total. The lowest BCUT2D eigenvalue weighted by Gasteiger charge is -2.38. The Labute approximate surface area is 144 Å². The van der Waals surface area contributed by atoms with E-state index in [-0.39, 0.29) is 30.9 Å². The van der Waals surface area contributed by atoms with Crippen molar-refractivity contribution in [2.75, 3.05) is 39.4 Å². The van der Waals surface area contributed by atoms with Gasteiger partial charge in [0.1, 0.15) is 6.61 Å². The second kappa shape index (κ2) is 6.64. The van der Waals surface area contributed by atoms with Crippen molar-refractivity contribution >= 4 is 11.8 Å². The molecule has 0 aliphatic carbocycles. The lowest BCUT2D eigenvalue weighted by molar-refractivity contribution is -0.150. The predicted octanol–water partition coefficient (Wildman–Crippen LogP) is 0.521. The van der Waals surface area contributed by atoms with Crippen molar-refractivity contribution in [3.8, 4) is 11.4 Å². The first-order valence-corrected chi connectivity index (χ1v) is 8.23. The molecule has 8 heteroatoms. The maximum absolute atomic E-state index is 12.3. The number of likely N-dealkylation sites (tertiary alicyclic amines) is 1. The van der Waals surface area contributed by atoms with Gasteiger partial charge in [0.25, 0.3) is 0 Å². The van der Waals surface area contributed by atoms with E-state index >= 15 is 0 Å². The molecule has 4 rings (SSSR count). The predicted molar refractivity (Wildman–Crippen MR) is 86.5 cm³/mol. The molecule has 0 unspecified atom stereocenters. The van der Waals surface area contributed by atoms with Gasteiger partial charge in [0.2, 0.25) is 23.5 Å². The molecule has 0 spiro atoms. The lowest BCUT2D eigenvalue weighted by atomic mass is 10.00. The van der Waals surface area contributed by atoms with Gasteiger partial charge in [0.15, 0.2) is 0 Å². The van der Waals surface area contributed by atoms with E-state index in [2.05, 4.69) is 10.1 Å². The number of rotatable bonds is 4. The molecule has 0 atom stereocenters. The summed E-state index contributed by atoms with van der Waals surface area (Å²) < 4.78 is 10.4. The highest BCUT2D eigenvalue weighted by Gasteiger charge is 2.36. The first-order chi connectivity index (χ1) is 12.2. The first-order valence-electron chi connectivity index (χ1n) is 8.23. The van der Waals surface area contributed by atoms with Gasteiger partial charge in [0, 0.05) is 25.2 Å². The second-order valence-corrected chi connectivity index (χ2v) is 6.19. The normalized spacial score (nSPS) is 18.3. The second-order valence-electron chi connectivity index (χ2n) is 6.19. The molecule has 0 bridgehead atoms. The van der Waals surface area contributed by atoms with Crippen molar-refractivity contribution in [3.05, 3.63) is 36.2 Å². The summed E-state index contributed by atoms with van der Waals surface area (Å²) in [7, 11) is 0. The van der Waals surface area contributed by atoms with Crippen LogP contribution in [-0.2, 0) is 14.3 Å². The van der Waals surface area contributed by atoms with E-state index < -0.39 is 0 Å². The van der Waals surface area contributed by atoms with Crippen molar-refractivity contribution in [1.82, 2.24) is 19.9 Å². The third-order valence-corrected chi connectivity index (χ3v) is 4.47. The van der Waals surface area contributed by atoms with Crippen molar-refractivity contribution < 1.29 is 18.8 Å². The van der Waals surface area contributed by atoms with Crippen molar-refractivity contribution in [2.24, 2.45) is 0 Å². The number of benzene rings is 1. The smallest absolute Gasteiger partial charge is 0.249 e. The molecule has 0 saturated carbocycles. The van der Waals surface area contributed by atoms with Gasteiger partial charge in [0.05, 0.1) is 19.1 Å². The van der Waals surface area contributed by atoms with Gasteiger partial charge in [-0.25, -0.2) is 0 Å². The van der Waals surface area contributed by atoms with Crippen LogP contribution in [0.25, 0.3) is 11.4 Å². The molecule has 3 heterocycles. The molecule has 1 aromatic heterocycles. The number of hydrogen-bond donors (Lipinski definition) is 0. The maximum atomic E-state index is 12.3. The number of hydrogen-bond acceptors (Lipinski definition) is 6. The Balaban J connectivity index is 1.32. The number of carbonyl (C=O) groups excluding carboxylic acids is 2. The molecule has 0 radical (unpaired) electrons. The topological polar surface area (TPSA) is 88.8 Å². The van der Waals surface area contributed by atoms with Crippen molar-refractivity contribution in [1.29, 1.82) is 0 Å². The average Bonchev–Trinajstić information content (AvgIpc) is 3.06. The molecule has 2 amide bonds. The third-order valence-electron chi connectivity index (χ3n) is 4.47. The van der Waals surface area contributed by atoms with Crippen LogP contribution in [0, 0.1) is 0 Å². The van der Waals surface area contributed by atoms with Gasteiger partial charge in [-0.1, -0.05) is 35.5 Å². The van der Waals surface area contributed by atoms with Crippen LogP contribution in [0.3, 0.4) is 0 Å². The van der Waals surface area contributed by atoms with Gasteiger partial charge < -0.3 is 19.1 Å². The SMILES string of the molecule is O=C1COCCN1CC(=O)N1CC(c2nc(-c3ccccc3)no2)C1. The molecule has 2 fully saturated rings. The summed E-state index contributed by atoms with van der Waals surface area (Å²) in [6.07, 6.45) is 0. The molecule has 8 nitrogen and oxygen atoms in total. The van der Waals surface area contributed by atoms with E-state index in [0.29, 0.717) is 38.0 Å². The minimum absolute atomic E-state index is 0.0503. The summed E-state index contributed by atoms with van der Waals surface area (Å²) in [4.78, 5) is 31.6. The minimum atomic E-state index is -0.138. The standard InChI is InChI=1S/C17H18N4O4/c22-14(10-20-6-7-24-11-15(20)23)21-8-13(9-21)17-18-16(19-25-17)12-4-2-1-3-5-12/h1-5,13H,6-11H2. The molecule has 1 aromatic carbocycles. The summed E-state index contributed by atoms with van der Waals surface area (Å²) in [6, 6.07) is 9.61. The van der Waals surface area contributed by atoms with E-state index in [1.165, 1.54) is 0 Å². The van der Waals surface area contributed by atoms with E-state index in [9.17, 15) is 9.59 Å². The fourth-order valence-corrected chi connectivity index (χ4v) is 2.92. The summed E-state index contributed by atoms with van der Waals surface area (Å²) in [6.45, 7) is 2.17. The number of nitrogens with zero attached hydrogens (tertiary/aromatic N) is 4. The number of morpholine rings is 1. The highest BCUT2D eigenvalue weighted by atomic mass is 16.5. The molecule has 130 valence electrons. The zero-order valence-corrected chi connectivity index (χ0v) is 13.6. The van der Waals surface area contributed by atoms with Crippen LogP contribution in [-0.4, -0.2) is 71.1 Å². The third kappa shape index (κ3) is 3.25. The zero-order valence-electron chi connectivity index (χ0n) is 13.6. The molecule has 2 aliphatic heterocycles. The molecule has 25 heavy (non-hydrogen) atoms. The number of ether oxygens (including phenoxy) is 1. The molecule has 2 aromatic rings. The van der Waals surface area contributed by atoms with Crippen LogP contribution < -0.4 is 0 Å². The van der Waals surface area contributed by atoms with Gasteiger partial charge in [-0.3, -0.25) is 9.59 Å². The Kier molecular flexibility index (Phi) is 4.19. The van der Waals surface area contributed by atoms with E-state index in [0.717, 1.165) is 5.56 Å². The zero-order chi connectivity index (χ0) is 17.2. The Hall–Kier alpha value is -2.74. The van der Waals surface area contributed by atoms with Crippen LogP contribution in [0.5, 0.6) is 0 Å². The highest BCUT2D eigenvalue weighted by Crippen LogP contribution is 2.27. The van der Waals surface area contributed by atoms with Crippen molar-refractivity contribution in [3.63, 3.8) is 0 Å². The Bertz CT molecular complexity index is 770. The quantitative estimate of drug-likeness (QED) is 0.805. The fraction of sp³-hybridized carbons (Fsp3) is 0.412. The summed E-state index contributed by atoms with van der Waals surface area (Å²) >= 11 is 0. The first kappa shape index (κ1) is 15.8. The van der Waals surface area contributed by atoms with Gasteiger partial charge >= 0.3 is 0 Å². The fourth-order valence-electron chi connectivity index (χ4n) is 2.92. The largest absolute Gasteiger partial charge is 0.370 e. The van der Waals surface area contributed by atoms with E-state index in [1.54, 1.807) is 9.80 Å². The van der Waals surface area contributed by atoms with Crippen LogP contribution >= 0.6 is 0 Å². The van der Waals surface area contributed by atoms with Crippen LogP contribution in [0.15, 0.2) is 34.9 Å². The number of amides is 2. The molecule has 2 aliphatic rings. The summed E-state index contributed by atoms with van der Waals surface area (Å²) in [5, 5.41) is 4.01. The van der Waals surface area contributed by atoms with Crippen LogP contribution in [0.1, 0.15) is 11.8 Å². The number of carbonyl (C=O) groups is 2. The van der Waals surface area contributed by atoms with E-state index in [1.807, 2.05) is 30.3 Å².